The summed E-state index contributed by atoms with van der Waals surface area (Å²) in [5.41, 5.74) is 0. The van der Waals surface area contributed by atoms with Gasteiger partial charge in [0.05, 0.1) is 26.4 Å². The Bertz CT molecular complexity index is 2190. The number of phosphoric acid groups is 2. The minimum Gasteiger partial charge on any atom is -0.463 e. The van der Waals surface area contributed by atoms with E-state index in [2.05, 4.69) is 118 Å². The fraction of sp³-hybridized carbons (Fsp3) is 0.765. The molecule has 0 saturated carbocycles. The monoisotopic (exact) mass is 1430 g/mol. The van der Waals surface area contributed by atoms with Crippen LogP contribution in [0, 0.1) is 0 Å². The van der Waals surface area contributed by atoms with E-state index in [-0.39, 0.29) is 19.3 Å². The SMILES string of the molecule is CCCCC/C=C\C/C=C\C/C=C\C/C=C\CCCCCCCCCCCC(=O)OCC(O)COP(=O)(O)OCC(O)COP(=O)(O)OCC(COC(=O)CCCCCCCCC/C=C\C/C=C\C/C=C\C/C=C\CCCCC)OC(=O)CCCCCCCCCCCCCCCCC. The summed E-state index contributed by atoms with van der Waals surface area (Å²) < 4.78 is 61.2. The highest BCUT2D eigenvalue weighted by atomic mass is 31.2. The second-order valence-electron chi connectivity index (χ2n) is 26.5. The average molecular weight is 1440 g/mol. The highest BCUT2D eigenvalue weighted by Gasteiger charge is 2.29. The Morgan fingerprint density at radius 2 is 0.505 bits per heavy atom. The first kappa shape index (κ1) is 95.5. The normalized spacial score (nSPS) is 14.5. The number of aliphatic hydroxyl groups excluding tert-OH is 2. The number of hydrogen-bond acceptors (Lipinski definition) is 14. The molecule has 0 aromatic heterocycles. The van der Waals surface area contributed by atoms with Crippen LogP contribution in [-0.4, -0.2) is 95.9 Å². The lowest BCUT2D eigenvalue weighted by molar-refractivity contribution is -0.161. The third-order valence-corrected chi connectivity index (χ3v) is 18.7. The fourth-order valence-corrected chi connectivity index (χ4v) is 12.3. The lowest BCUT2D eigenvalue weighted by Crippen LogP contribution is -2.30. The Balaban J connectivity index is 4.60. The first-order valence-corrected chi connectivity index (χ1v) is 42.5. The van der Waals surface area contributed by atoms with Gasteiger partial charge in [0.25, 0.3) is 0 Å². The first-order chi connectivity index (χ1) is 48.2. The van der Waals surface area contributed by atoms with Crippen molar-refractivity contribution in [3.05, 3.63) is 97.2 Å². The zero-order valence-electron chi connectivity index (χ0n) is 62.6. The zero-order chi connectivity index (χ0) is 72.3. The van der Waals surface area contributed by atoms with Crippen LogP contribution >= 0.6 is 15.6 Å². The van der Waals surface area contributed by atoms with Gasteiger partial charge in [0, 0.05) is 19.3 Å². The van der Waals surface area contributed by atoms with Crippen molar-refractivity contribution in [3.63, 3.8) is 0 Å². The van der Waals surface area contributed by atoms with Gasteiger partial charge in [0.2, 0.25) is 0 Å². The zero-order valence-corrected chi connectivity index (χ0v) is 64.4. The van der Waals surface area contributed by atoms with Gasteiger partial charge < -0.3 is 34.2 Å². The van der Waals surface area contributed by atoms with Crippen LogP contribution in [0.1, 0.15) is 342 Å². The van der Waals surface area contributed by atoms with E-state index < -0.39 is 91.5 Å². The number of phosphoric ester groups is 2. The van der Waals surface area contributed by atoms with Crippen molar-refractivity contribution in [2.24, 2.45) is 0 Å². The summed E-state index contributed by atoms with van der Waals surface area (Å²) in [6.45, 7) is 2.65. The number of hydrogen-bond donors (Lipinski definition) is 4. The first-order valence-electron chi connectivity index (χ1n) is 39.5. The molecular weight excluding hydrogens is 1290 g/mol. The molecule has 574 valence electrons. The highest BCUT2D eigenvalue weighted by molar-refractivity contribution is 7.47. The van der Waals surface area contributed by atoms with Crippen molar-refractivity contribution in [2.45, 2.75) is 360 Å². The van der Waals surface area contributed by atoms with Crippen LogP contribution in [0.4, 0.5) is 0 Å². The number of unbranched alkanes of at least 4 members (excludes halogenated alkanes) is 36. The van der Waals surface area contributed by atoms with Crippen molar-refractivity contribution in [1.82, 2.24) is 0 Å². The van der Waals surface area contributed by atoms with E-state index in [0.717, 1.165) is 141 Å². The molecule has 4 N–H and O–H groups in total. The molecule has 0 aliphatic carbocycles. The number of ether oxygens (including phenoxy) is 3. The van der Waals surface area contributed by atoms with Crippen molar-refractivity contribution in [2.75, 3.05) is 39.6 Å². The summed E-state index contributed by atoms with van der Waals surface area (Å²) in [5, 5.41) is 20.6. The molecule has 0 fully saturated rings. The van der Waals surface area contributed by atoms with E-state index in [0.29, 0.717) is 19.3 Å². The van der Waals surface area contributed by atoms with Crippen molar-refractivity contribution in [3.8, 4) is 0 Å². The summed E-state index contributed by atoms with van der Waals surface area (Å²) >= 11 is 0. The smallest absolute Gasteiger partial charge is 0.463 e. The standard InChI is InChI=1S/C81H144O16P2/c1-4-7-10-13-16-19-22-25-28-30-32-34-36-37-39-41-42-44-47-49-52-55-58-61-64-67-79(84)91-70-76(82)71-93-98(87,88)94-72-77(83)73-95-99(89,90)96-75-78(97-81(86)69-66-63-60-57-54-51-46-27-24-21-18-15-12-9-6-3)74-92-80(85)68-65-62-59-56-53-50-48-45-43-40-38-35-33-31-29-26-23-20-17-14-11-8-5-2/h16-17,19-20,25-26,28-29,32-35,37,39-40,43,76-78,82-83H,4-15,18,21-24,27,30-31,36,38,41-42,44-75H2,1-3H3,(H,87,88)(H,89,90)/b19-16-,20-17-,28-25-,29-26-,34-32-,35-33-,39-37-,43-40-. The topological polar surface area (TPSA) is 231 Å². The maximum atomic E-state index is 13.0. The van der Waals surface area contributed by atoms with E-state index in [1.807, 2.05) is 0 Å². The van der Waals surface area contributed by atoms with Crippen LogP contribution < -0.4 is 0 Å². The van der Waals surface area contributed by atoms with Crippen molar-refractivity contribution >= 4 is 33.6 Å². The van der Waals surface area contributed by atoms with Crippen LogP contribution in [0.3, 0.4) is 0 Å². The second kappa shape index (κ2) is 74.2. The predicted octanol–water partition coefficient (Wildman–Crippen LogP) is 23.0. The minimum atomic E-state index is -4.93. The number of carbonyl (C=O) groups is 3. The molecule has 18 heteroatoms. The Kier molecular flexibility index (Phi) is 71.6. The third-order valence-electron chi connectivity index (χ3n) is 16.8. The van der Waals surface area contributed by atoms with E-state index in [1.54, 1.807) is 0 Å². The summed E-state index contributed by atoms with van der Waals surface area (Å²) in [5.74, 6) is -1.58. The molecule has 0 spiro atoms. The molecule has 0 aromatic rings. The largest absolute Gasteiger partial charge is 0.472 e. The molecule has 0 heterocycles. The maximum absolute atomic E-state index is 13.0. The van der Waals surface area contributed by atoms with Gasteiger partial charge in [-0.1, -0.05) is 311 Å². The minimum absolute atomic E-state index is 0.105. The molecule has 99 heavy (non-hydrogen) atoms. The summed E-state index contributed by atoms with van der Waals surface area (Å²) in [7, 11) is -9.79. The molecule has 0 amide bonds. The lowest BCUT2D eigenvalue weighted by Gasteiger charge is -2.21. The Morgan fingerprint density at radius 1 is 0.283 bits per heavy atom. The van der Waals surface area contributed by atoms with E-state index in [9.17, 15) is 43.5 Å². The molecule has 0 saturated heterocycles. The lowest BCUT2D eigenvalue weighted by atomic mass is 10.0. The second-order valence-corrected chi connectivity index (χ2v) is 29.4. The fourth-order valence-electron chi connectivity index (χ4n) is 10.7. The number of allylic oxidation sites excluding steroid dienone is 16. The molecule has 5 atom stereocenters. The number of rotatable bonds is 75. The molecule has 0 aliphatic heterocycles. The van der Waals surface area contributed by atoms with Crippen LogP contribution in [0.25, 0.3) is 0 Å². The number of carbonyl (C=O) groups excluding carboxylic acids is 3. The van der Waals surface area contributed by atoms with E-state index in [4.69, 9.17) is 32.3 Å². The van der Waals surface area contributed by atoms with Gasteiger partial charge in [-0.2, -0.15) is 0 Å². The molecule has 0 bridgehead atoms. The van der Waals surface area contributed by atoms with Crippen LogP contribution in [0.2, 0.25) is 0 Å². The third kappa shape index (κ3) is 75.5. The van der Waals surface area contributed by atoms with Crippen LogP contribution in [-0.2, 0) is 55.8 Å². The average Bonchev–Trinajstić information content (AvgIpc) is 1.57. The predicted molar refractivity (Wildman–Crippen MR) is 408 cm³/mol. The molecule has 16 nitrogen and oxygen atoms in total. The van der Waals surface area contributed by atoms with Gasteiger partial charge in [-0.25, -0.2) is 9.13 Å². The number of aliphatic hydroxyl groups is 2. The van der Waals surface area contributed by atoms with Crippen LogP contribution in [0.15, 0.2) is 97.2 Å². The molecule has 5 unspecified atom stereocenters. The molecule has 0 rings (SSSR count). The Morgan fingerprint density at radius 3 is 0.818 bits per heavy atom. The van der Waals surface area contributed by atoms with Gasteiger partial charge in [-0.3, -0.25) is 32.5 Å². The van der Waals surface area contributed by atoms with Gasteiger partial charge >= 0.3 is 33.6 Å². The van der Waals surface area contributed by atoms with Gasteiger partial charge in [0.15, 0.2) is 6.10 Å². The van der Waals surface area contributed by atoms with E-state index >= 15 is 0 Å². The van der Waals surface area contributed by atoms with Crippen LogP contribution in [0.5, 0.6) is 0 Å². The van der Waals surface area contributed by atoms with Crippen molar-refractivity contribution in [1.29, 1.82) is 0 Å². The highest BCUT2D eigenvalue weighted by Crippen LogP contribution is 2.45. The van der Waals surface area contributed by atoms with E-state index in [1.165, 1.54) is 141 Å². The molecular formula is C81H144O16P2. The Labute approximate surface area is 603 Å². The number of esters is 3. The maximum Gasteiger partial charge on any atom is 0.472 e. The quantitative estimate of drug-likeness (QED) is 0.0146. The van der Waals surface area contributed by atoms with Gasteiger partial charge in [-0.05, 0) is 109 Å². The summed E-state index contributed by atoms with van der Waals surface area (Å²) in [4.78, 5) is 58.7. The van der Waals surface area contributed by atoms with Crippen molar-refractivity contribution < 1.29 is 75.8 Å². The molecule has 0 radical (unpaired) electrons. The summed E-state index contributed by atoms with van der Waals surface area (Å²) in [6.07, 6.45) is 84.4. The molecule has 0 aromatic carbocycles. The van der Waals surface area contributed by atoms with Gasteiger partial charge in [0.1, 0.15) is 25.4 Å². The molecule has 0 aliphatic rings. The van der Waals surface area contributed by atoms with Gasteiger partial charge in [-0.15, -0.1) is 0 Å². The summed E-state index contributed by atoms with van der Waals surface area (Å²) in [6, 6.07) is 0. The Hall–Kier alpha value is -3.53.